The van der Waals surface area contributed by atoms with Crippen molar-refractivity contribution < 1.29 is 4.79 Å². The van der Waals surface area contributed by atoms with Crippen LogP contribution < -0.4 is 0 Å². The maximum Gasteiger partial charge on any atom is 0.133 e. The Morgan fingerprint density at radius 2 is 1.88 bits per heavy atom. The molecule has 0 heterocycles. The van der Waals surface area contributed by atoms with E-state index < -0.39 is 0 Å². The number of hydrogen-bond donors (Lipinski definition) is 0. The van der Waals surface area contributed by atoms with Gasteiger partial charge >= 0.3 is 0 Å². The zero-order valence-corrected chi connectivity index (χ0v) is 10.8. The third-order valence-electron chi connectivity index (χ3n) is 2.47. The van der Waals surface area contributed by atoms with Gasteiger partial charge in [0.05, 0.1) is 0 Å². The van der Waals surface area contributed by atoms with Crippen molar-refractivity contribution in [1.29, 1.82) is 0 Å². The Kier molecular flexibility index (Phi) is 5.54. The number of aryl methyl sites for hydroxylation is 1. The topological polar surface area (TPSA) is 17.1 Å². The zero-order chi connectivity index (χ0) is 12.0. The fourth-order valence-corrected chi connectivity index (χ4v) is 1.82. The minimum absolute atomic E-state index is 0.379. The van der Waals surface area contributed by atoms with E-state index in [2.05, 4.69) is 13.8 Å². The van der Waals surface area contributed by atoms with Crippen LogP contribution in [-0.2, 0) is 11.2 Å². The summed E-state index contributed by atoms with van der Waals surface area (Å²) in [4.78, 5) is 11.5. The summed E-state index contributed by atoms with van der Waals surface area (Å²) in [5.74, 6) is 0.854. The Morgan fingerprint density at radius 3 is 2.44 bits per heavy atom. The number of carbonyl (C=O) groups is 1. The molecule has 1 aromatic carbocycles. The lowest BCUT2D eigenvalue weighted by Crippen LogP contribution is -2.03. The lowest BCUT2D eigenvalue weighted by Gasteiger charge is -2.04. The second kappa shape index (κ2) is 6.70. The molecule has 0 spiro atoms. The Morgan fingerprint density at radius 1 is 1.25 bits per heavy atom. The average Bonchev–Trinajstić information content (AvgIpc) is 2.20. The van der Waals surface area contributed by atoms with Crippen molar-refractivity contribution in [2.75, 3.05) is 0 Å². The molecule has 0 saturated carbocycles. The number of hydrogen-bond acceptors (Lipinski definition) is 1. The molecule has 0 atom stereocenters. The van der Waals surface area contributed by atoms with Gasteiger partial charge in [-0.25, -0.2) is 0 Å². The molecule has 1 rings (SSSR count). The number of carbonyl (C=O) groups excluding carboxylic acids is 1. The molecule has 88 valence electrons. The van der Waals surface area contributed by atoms with Gasteiger partial charge in [0.15, 0.2) is 0 Å². The molecule has 1 aromatic rings. The second-order valence-corrected chi connectivity index (χ2v) is 5.05. The number of Topliss-reactive ketones (excluding diaryl/α,β-unsaturated/α-hetero) is 1. The van der Waals surface area contributed by atoms with Gasteiger partial charge in [-0.15, -0.1) is 0 Å². The molecule has 0 bridgehead atoms. The summed E-state index contributed by atoms with van der Waals surface area (Å²) in [5.41, 5.74) is 1.25. The Balaban J connectivity index is 2.25. The van der Waals surface area contributed by atoms with E-state index in [4.69, 9.17) is 11.6 Å². The van der Waals surface area contributed by atoms with Crippen LogP contribution in [0.4, 0.5) is 0 Å². The normalized spacial score (nSPS) is 10.8. The van der Waals surface area contributed by atoms with Crippen LogP contribution in [0.2, 0.25) is 5.02 Å². The fraction of sp³-hybridized carbons (Fsp3) is 0.500. The molecular weight excluding hydrogens is 220 g/mol. The summed E-state index contributed by atoms with van der Waals surface area (Å²) >= 11 is 5.80. The lowest BCUT2D eigenvalue weighted by molar-refractivity contribution is -0.119. The van der Waals surface area contributed by atoms with Crippen LogP contribution in [0.5, 0.6) is 0 Å². The molecule has 1 nitrogen and oxygen atoms in total. The van der Waals surface area contributed by atoms with Crippen LogP contribution in [-0.4, -0.2) is 5.78 Å². The van der Waals surface area contributed by atoms with E-state index in [0.717, 1.165) is 17.9 Å². The lowest BCUT2D eigenvalue weighted by atomic mass is 10.0. The van der Waals surface area contributed by atoms with Gasteiger partial charge in [-0.3, -0.25) is 4.79 Å². The van der Waals surface area contributed by atoms with Crippen molar-refractivity contribution in [1.82, 2.24) is 0 Å². The first kappa shape index (κ1) is 13.2. The summed E-state index contributed by atoms with van der Waals surface area (Å²) in [5, 5.41) is 0.764. The highest BCUT2D eigenvalue weighted by Crippen LogP contribution is 2.12. The smallest absolute Gasteiger partial charge is 0.133 e. The van der Waals surface area contributed by atoms with E-state index >= 15 is 0 Å². The van der Waals surface area contributed by atoms with E-state index in [1.54, 1.807) is 0 Å². The van der Waals surface area contributed by atoms with Gasteiger partial charge in [-0.2, -0.15) is 0 Å². The van der Waals surface area contributed by atoms with Crippen molar-refractivity contribution >= 4 is 17.4 Å². The molecule has 0 amide bonds. The van der Waals surface area contributed by atoms with Crippen LogP contribution in [0.1, 0.15) is 38.7 Å². The van der Waals surface area contributed by atoms with E-state index in [0.29, 0.717) is 24.5 Å². The first-order valence-corrected chi connectivity index (χ1v) is 6.22. The standard InChI is InChI=1S/C14H19ClO/c1-11(2)10-14(16)5-3-4-12-6-8-13(15)9-7-12/h6-9,11H,3-5,10H2,1-2H3. The van der Waals surface area contributed by atoms with Gasteiger partial charge in [-0.1, -0.05) is 37.6 Å². The molecule has 0 unspecified atom stereocenters. The highest BCUT2D eigenvalue weighted by atomic mass is 35.5. The molecule has 0 fully saturated rings. The summed E-state index contributed by atoms with van der Waals surface area (Å²) in [6, 6.07) is 7.84. The number of ketones is 1. The molecule has 0 saturated heterocycles. The van der Waals surface area contributed by atoms with Crippen molar-refractivity contribution in [3.8, 4) is 0 Å². The van der Waals surface area contributed by atoms with Crippen molar-refractivity contribution in [2.24, 2.45) is 5.92 Å². The van der Waals surface area contributed by atoms with Crippen LogP contribution >= 0.6 is 11.6 Å². The number of halogens is 1. The zero-order valence-electron chi connectivity index (χ0n) is 10.0. The quantitative estimate of drug-likeness (QED) is 0.723. The SMILES string of the molecule is CC(C)CC(=O)CCCc1ccc(Cl)cc1. The third kappa shape index (κ3) is 5.32. The first-order chi connectivity index (χ1) is 7.58. The third-order valence-corrected chi connectivity index (χ3v) is 2.72. The van der Waals surface area contributed by atoms with Gasteiger partial charge in [0.1, 0.15) is 5.78 Å². The van der Waals surface area contributed by atoms with Crippen molar-refractivity contribution in [2.45, 2.75) is 39.5 Å². The summed E-state index contributed by atoms with van der Waals surface area (Å²) in [7, 11) is 0. The molecular formula is C14H19ClO. The molecule has 2 heteroatoms. The molecule has 0 radical (unpaired) electrons. The van der Waals surface area contributed by atoms with E-state index in [1.165, 1.54) is 5.56 Å². The van der Waals surface area contributed by atoms with Crippen molar-refractivity contribution in [3.63, 3.8) is 0 Å². The number of benzene rings is 1. The second-order valence-electron chi connectivity index (χ2n) is 4.62. The Labute approximate surface area is 103 Å². The van der Waals surface area contributed by atoms with E-state index in [9.17, 15) is 4.79 Å². The summed E-state index contributed by atoms with van der Waals surface area (Å²) in [6.45, 7) is 4.16. The number of rotatable bonds is 6. The van der Waals surface area contributed by atoms with Crippen LogP contribution in [0, 0.1) is 5.92 Å². The van der Waals surface area contributed by atoms with Crippen LogP contribution in [0.25, 0.3) is 0 Å². The Hall–Kier alpha value is -0.820. The van der Waals surface area contributed by atoms with Gasteiger partial charge in [0.25, 0.3) is 0 Å². The van der Waals surface area contributed by atoms with Gasteiger partial charge in [0, 0.05) is 17.9 Å². The monoisotopic (exact) mass is 238 g/mol. The van der Waals surface area contributed by atoms with Gasteiger partial charge < -0.3 is 0 Å². The summed E-state index contributed by atoms with van der Waals surface area (Å²) < 4.78 is 0. The highest BCUT2D eigenvalue weighted by Gasteiger charge is 2.04. The maximum atomic E-state index is 11.5. The minimum Gasteiger partial charge on any atom is -0.300 e. The predicted octanol–water partition coefficient (Wildman–Crippen LogP) is 4.28. The molecule has 0 aliphatic carbocycles. The van der Waals surface area contributed by atoms with Crippen molar-refractivity contribution in [3.05, 3.63) is 34.9 Å². The first-order valence-electron chi connectivity index (χ1n) is 5.84. The fourth-order valence-electron chi connectivity index (χ4n) is 1.70. The molecule has 0 N–H and O–H groups in total. The molecule has 0 aliphatic heterocycles. The van der Waals surface area contributed by atoms with E-state index in [1.807, 2.05) is 24.3 Å². The largest absolute Gasteiger partial charge is 0.300 e. The molecule has 16 heavy (non-hydrogen) atoms. The Bertz CT molecular complexity index is 327. The summed E-state index contributed by atoms with van der Waals surface area (Å²) in [6.07, 6.45) is 3.30. The van der Waals surface area contributed by atoms with Gasteiger partial charge in [0.2, 0.25) is 0 Å². The van der Waals surface area contributed by atoms with Crippen LogP contribution in [0.3, 0.4) is 0 Å². The predicted molar refractivity (Wildman–Crippen MR) is 68.9 cm³/mol. The van der Waals surface area contributed by atoms with Crippen LogP contribution in [0.15, 0.2) is 24.3 Å². The average molecular weight is 239 g/mol. The maximum absolute atomic E-state index is 11.5. The van der Waals surface area contributed by atoms with E-state index in [-0.39, 0.29) is 0 Å². The van der Waals surface area contributed by atoms with Gasteiger partial charge in [-0.05, 0) is 36.5 Å². The highest BCUT2D eigenvalue weighted by molar-refractivity contribution is 6.30. The minimum atomic E-state index is 0.379. The molecule has 0 aliphatic rings. The molecule has 0 aromatic heterocycles.